The zero-order valence-corrected chi connectivity index (χ0v) is 14.3. The predicted octanol–water partition coefficient (Wildman–Crippen LogP) is 2.28. The predicted molar refractivity (Wildman–Crippen MR) is 92.4 cm³/mol. The highest BCUT2D eigenvalue weighted by Crippen LogP contribution is 2.26. The summed E-state index contributed by atoms with van der Waals surface area (Å²) in [6.07, 6.45) is 0. The average Bonchev–Trinajstić information content (AvgIpc) is 2.96. The molecule has 1 aromatic carbocycles. The molecule has 0 aliphatic carbocycles. The number of carbonyl (C=O) groups excluding carboxylic acids is 1. The van der Waals surface area contributed by atoms with Crippen LogP contribution in [0.2, 0.25) is 0 Å². The van der Waals surface area contributed by atoms with Crippen molar-refractivity contribution in [3.63, 3.8) is 0 Å². The van der Waals surface area contributed by atoms with E-state index in [1.54, 1.807) is 17.0 Å². The number of carbonyl (C=O) groups is 1. The van der Waals surface area contributed by atoms with Gasteiger partial charge in [-0.15, -0.1) is 12.4 Å². The average molecular weight is 369 g/mol. The molecule has 1 amide bonds. The second-order valence-corrected chi connectivity index (χ2v) is 5.67. The van der Waals surface area contributed by atoms with Gasteiger partial charge in [0.1, 0.15) is 5.82 Å². The molecule has 7 nitrogen and oxygen atoms in total. The van der Waals surface area contributed by atoms with E-state index in [4.69, 9.17) is 0 Å². The van der Waals surface area contributed by atoms with Crippen molar-refractivity contribution in [3.8, 4) is 0 Å². The van der Waals surface area contributed by atoms with Crippen molar-refractivity contribution >= 4 is 24.1 Å². The number of halogens is 2. The van der Waals surface area contributed by atoms with Gasteiger partial charge in [-0.2, -0.15) is 0 Å². The standard InChI is InChI=1S/C16H17FN4O3.ClH/c1-19-13(5-6-15(19)21(23)24)16(22)20-8-7-18-10-14(20)11-3-2-4-12(17)9-11;/h2-6,9,14,18H,7-8,10H2,1H3;1H. The summed E-state index contributed by atoms with van der Waals surface area (Å²) in [5, 5.41) is 14.2. The maximum atomic E-state index is 13.5. The molecule has 1 fully saturated rings. The summed E-state index contributed by atoms with van der Waals surface area (Å²) in [4.78, 5) is 25.0. The zero-order chi connectivity index (χ0) is 17.3. The number of aromatic nitrogens is 1. The number of hydrogen-bond donors (Lipinski definition) is 1. The maximum Gasteiger partial charge on any atom is 0.323 e. The third kappa shape index (κ3) is 3.64. The molecule has 9 heteroatoms. The molecule has 1 aliphatic rings. The largest absolute Gasteiger partial charge is 0.358 e. The number of amides is 1. The van der Waals surface area contributed by atoms with E-state index in [1.807, 2.05) is 0 Å². The Morgan fingerprint density at radius 3 is 2.76 bits per heavy atom. The molecule has 0 spiro atoms. The van der Waals surface area contributed by atoms with Crippen LogP contribution >= 0.6 is 12.4 Å². The summed E-state index contributed by atoms with van der Waals surface area (Å²) < 4.78 is 14.8. The molecule has 2 aromatic rings. The van der Waals surface area contributed by atoms with E-state index in [2.05, 4.69) is 5.32 Å². The van der Waals surface area contributed by atoms with Crippen LogP contribution in [0.25, 0.3) is 0 Å². The fraction of sp³-hybridized carbons (Fsp3) is 0.312. The van der Waals surface area contributed by atoms with Gasteiger partial charge in [-0.25, -0.2) is 8.96 Å². The zero-order valence-electron chi connectivity index (χ0n) is 13.5. The van der Waals surface area contributed by atoms with Crippen molar-refractivity contribution in [2.24, 2.45) is 7.05 Å². The molecule has 1 atom stereocenters. The summed E-state index contributed by atoms with van der Waals surface area (Å²) in [6, 6.07) is 8.58. The van der Waals surface area contributed by atoms with Crippen LogP contribution in [0.3, 0.4) is 0 Å². The fourth-order valence-corrected chi connectivity index (χ4v) is 3.00. The highest BCUT2D eigenvalue weighted by atomic mass is 35.5. The van der Waals surface area contributed by atoms with Crippen LogP contribution in [0.4, 0.5) is 10.2 Å². The van der Waals surface area contributed by atoms with E-state index in [1.165, 1.54) is 35.9 Å². The third-order valence-corrected chi connectivity index (χ3v) is 4.24. The highest BCUT2D eigenvalue weighted by Gasteiger charge is 2.32. The van der Waals surface area contributed by atoms with Crippen LogP contribution in [-0.4, -0.2) is 39.9 Å². The Morgan fingerprint density at radius 1 is 1.36 bits per heavy atom. The van der Waals surface area contributed by atoms with Gasteiger partial charge >= 0.3 is 5.82 Å². The van der Waals surface area contributed by atoms with Gasteiger partial charge < -0.3 is 20.3 Å². The van der Waals surface area contributed by atoms with Crippen molar-refractivity contribution in [2.45, 2.75) is 6.04 Å². The minimum atomic E-state index is -0.529. The van der Waals surface area contributed by atoms with E-state index in [0.717, 1.165) is 0 Å². The number of nitrogens with zero attached hydrogens (tertiary/aromatic N) is 3. The summed E-state index contributed by atoms with van der Waals surface area (Å²) in [5.41, 5.74) is 0.935. The first-order chi connectivity index (χ1) is 11.5. The molecule has 0 bridgehead atoms. The Hall–Kier alpha value is -2.45. The number of piperazine rings is 1. The number of nitro groups is 1. The summed E-state index contributed by atoms with van der Waals surface area (Å²) in [7, 11) is 1.49. The van der Waals surface area contributed by atoms with Crippen LogP contribution in [-0.2, 0) is 7.05 Å². The van der Waals surface area contributed by atoms with Crippen LogP contribution in [0.15, 0.2) is 36.4 Å². The van der Waals surface area contributed by atoms with Crippen molar-refractivity contribution < 1.29 is 14.1 Å². The van der Waals surface area contributed by atoms with E-state index in [-0.39, 0.29) is 41.7 Å². The van der Waals surface area contributed by atoms with Crippen LogP contribution < -0.4 is 5.32 Å². The molecule has 2 heterocycles. The molecule has 1 aromatic heterocycles. The Morgan fingerprint density at radius 2 is 2.12 bits per heavy atom. The number of benzene rings is 1. The van der Waals surface area contributed by atoms with Crippen molar-refractivity contribution in [1.29, 1.82) is 0 Å². The minimum Gasteiger partial charge on any atom is -0.358 e. The van der Waals surface area contributed by atoms with Crippen LogP contribution in [0.1, 0.15) is 22.1 Å². The lowest BCUT2D eigenvalue weighted by atomic mass is 10.0. The molecule has 1 N–H and O–H groups in total. The Kier molecular flexibility index (Phi) is 5.76. The van der Waals surface area contributed by atoms with Gasteiger partial charge in [0.25, 0.3) is 5.91 Å². The minimum absolute atomic E-state index is 0. The molecule has 25 heavy (non-hydrogen) atoms. The summed E-state index contributed by atoms with van der Waals surface area (Å²) in [6.45, 7) is 1.56. The Labute approximate surface area is 150 Å². The molecule has 0 radical (unpaired) electrons. The first kappa shape index (κ1) is 18.9. The second-order valence-electron chi connectivity index (χ2n) is 5.67. The smallest absolute Gasteiger partial charge is 0.323 e. The second kappa shape index (κ2) is 7.62. The molecule has 1 unspecified atom stereocenters. The van der Waals surface area contributed by atoms with Crippen molar-refractivity contribution in [3.05, 3.63) is 63.6 Å². The quantitative estimate of drug-likeness (QED) is 0.665. The van der Waals surface area contributed by atoms with Crippen LogP contribution in [0, 0.1) is 15.9 Å². The first-order valence-corrected chi connectivity index (χ1v) is 7.56. The van der Waals surface area contributed by atoms with Crippen molar-refractivity contribution in [1.82, 2.24) is 14.8 Å². The molecule has 1 aliphatic heterocycles. The first-order valence-electron chi connectivity index (χ1n) is 7.56. The van der Waals surface area contributed by atoms with Gasteiger partial charge in [0.05, 0.1) is 13.1 Å². The van der Waals surface area contributed by atoms with Gasteiger partial charge in [-0.3, -0.25) is 4.79 Å². The number of nitrogens with one attached hydrogen (secondary N) is 1. The molecular weight excluding hydrogens is 351 g/mol. The topological polar surface area (TPSA) is 80.4 Å². The van der Waals surface area contributed by atoms with E-state index >= 15 is 0 Å². The van der Waals surface area contributed by atoms with Gasteiger partial charge in [0.2, 0.25) is 0 Å². The molecule has 3 rings (SSSR count). The van der Waals surface area contributed by atoms with E-state index < -0.39 is 4.92 Å². The third-order valence-electron chi connectivity index (χ3n) is 4.24. The summed E-state index contributed by atoms with van der Waals surface area (Å²) >= 11 is 0. The lowest BCUT2D eigenvalue weighted by molar-refractivity contribution is -0.391. The van der Waals surface area contributed by atoms with E-state index in [0.29, 0.717) is 25.2 Å². The van der Waals surface area contributed by atoms with Gasteiger partial charge in [-0.1, -0.05) is 12.1 Å². The highest BCUT2D eigenvalue weighted by molar-refractivity contribution is 5.93. The number of rotatable bonds is 3. The maximum absolute atomic E-state index is 13.5. The SMILES string of the molecule is Cl.Cn1c(C(=O)N2CCNCC2c2cccc(F)c2)ccc1[N+](=O)[O-]. The van der Waals surface area contributed by atoms with Gasteiger partial charge in [-0.05, 0) is 28.7 Å². The van der Waals surface area contributed by atoms with Gasteiger partial charge in [0.15, 0.2) is 5.69 Å². The van der Waals surface area contributed by atoms with Gasteiger partial charge in [0, 0.05) is 25.7 Å². The van der Waals surface area contributed by atoms with Crippen molar-refractivity contribution in [2.75, 3.05) is 19.6 Å². The Bertz CT molecular complexity index is 795. The molecule has 1 saturated heterocycles. The lowest BCUT2D eigenvalue weighted by Crippen LogP contribution is -2.49. The van der Waals surface area contributed by atoms with E-state index in [9.17, 15) is 19.3 Å². The summed E-state index contributed by atoms with van der Waals surface area (Å²) in [5.74, 6) is -0.808. The molecule has 0 saturated carbocycles. The molecular formula is C16H18ClFN4O3. The normalized spacial score (nSPS) is 17.0. The lowest BCUT2D eigenvalue weighted by Gasteiger charge is -2.36. The monoisotopic (exact) mass is 368 g/mol. The molecule has 134 valence electrons. The fourth-order valence-electron chi connectivity index (χ4n) is 3.00. The Balaban J connectivity index is 0.00000225. The van der Waals surface area contributed by atoms with Crippen LogP contribution in [0.5, 0.6) is 0 Å². The number of hydrogen-bond acceptors (Lipinski definition) is 4.